The monoisotopic (exact) mass is 325 g/mol. The van der Waals surface area contributed by atoms with Gasteiger partial charge in [0.25, 0.3) is 0 Å². The Morgan fingerprint density at radius 1 is 1.04 bits per heavy atom. The van der Waals surface area contributed by atoms with Crippen LogP contribution in [-0.4, -0.2) is 34.2 Å². The number of carbonyl (C=O) groups excluding carboxylic acids is 1. The van der Waals surface area contributed by atoms with E-state index in [0.717, 1.165) is 0 Å². The first-order valence-corrected chi connectivity index (χ1v) is 8.27. The van der Waals surface area contributed by atoms with Gasteiger partial charge in [-0.3, -0.25) is 9.69 Å². The summed E-state index contributed by atoms with van der Waals surface area (Å²) in [6.45, 7) is 3.57. The smallest absolute Gasteiger partial charge is 0.309 e. The van der Waals surface area contributed by atoms with Crippen LogP contribution in [-0.2, 0) is 22.6 Å². The van der Waals surface area contributed by atoms with Gasteiger partial charge in [-0.1, -0.05) is 60.7 Å². The highest BCUT2D eigenvalue weighted by atomic mass is 16.6. The van der Waals surface area contributed by atoms with Crippen molar-refractivity contribution in [2.24, 2.45) is 0 Å². The predicted octanol–water partition coefficient (Wildman–Crippen LogP) is 2.76. The topological polar surface area (TPSA) is 49.8 Å². The van der Waals surface area contributed by atoms with Gasteiger partial charge in [0, 0.05) is 19.6 Å². The zero-order valence-corrected chi connectivity index (χ0v) is 13.9. The van der Waals surface area contributed by atoms with Gasteiger partial charge >= 0.3 is 5.97 Å². The number of carbonyl (C=O) groups is 1. The molecule has 0 aromatic heterocycles. The Morgan fingerprint density at radius 3 is 1.96 bits per heavy atom. The minimum atomic E-state index is -1.14. The van der Waals surface area contributed by atoms with Crippen molar-refractivity contribution in [3.63, 3.8) is 0 Å². The van der Waals surface area contributed by atoms with Gasteiger partial charge in [0.05, 0.1) is 6.42 Å². The van der Waals surface area contributed by atoms with Crippen molar-refractivity contribution >= 4 is 5.97 Å². The lowest BCUT2D eigenvalue weighted by molar-refractivity contribution is -0.141. The number of rotatable bonds is 6. The zero-order chi connectivity index (χ0) is 17.0. The molecule has 0 spiro atoms. The summed E-state index contributed by atoms with van der Waals surface area (Å²) in [5.41, 5.74) is 1.21. The normalized spacial score (nSPS) is 23.5. The quantitative estimate of drug-likeness (QED) is 0.830. The zero-order valence-electron chi connectivity index (χ0n) is 13.9. The maximum atomic E-state index is 11.6. The number of aliphatic hydroxyl groups is 1. The van der Waals surface area contributed by atoms with Crippen LogP contribution in [0.2, 0.25) is 0 Å². The molecule has 2 aromatic carbocycles. The van der Waals surface area contributed by atoms with Crippen molar-refractivity contribution in [1.82, 2.24) is 4.90 Å². The highest BCUT2D eigenvalue weighted by Gasteiger charge is 2.46. The second-order valence-electron chi connectivity index (χ2n) is 6.53. The molecule has 1 heterocycles. The highest BCUT2D eigenvalue weighted by molar-refractivity contribution is 5.73. The van der Waals surface area contributed by atoms with Gasteiger partial charge < -0.3 is 9.84 Å². The first kappa shape index (κ1) is 16.7. The fraction of sp³-hybridized carbons (Fsp3) is 0.350. The van der Waals surface area contributed by atoms with Gasteiger partial charge in [0.2, 0.25) is 0 Å². The number of ether oxygens (including phenoxy) is 1. The number of benzene rings is 2. The number of hydrogen-bond donors (Lipinski definition) is 1. The molecule has 1 aliphatic heterocycles. The molecule has 0 unspecified atom stereocenters. The lowest BCUT2D eigenvalue weighted by Crippen LogP contribution is -2.47. The van der Waals surface area contributed by atoms with E-state index in [1.165, 1.54) is 11.1 Å². The van der Waals surface area contributed by atoms with Crippen molar-refractivity contribution in [1.29, 1.82) is 0 Å². The molecule has 1 N–H and O–H groups in total. The van der Waals surface area contributed by atoms with Gasteiger partial charge in [-0.25, -0.2) is 0 Å². The molecule has 4 nitrogen and oxygen atoms in total. The van der Waals surface area contributed by atoms with Crippen molar-refractivity contribution in [2.45, 2.75) is 38.1 Å². The van der Waals surface area contributed by atoms with Crippen LogP contribution in [0.15, 0.2) is 60.7 Å². The molecule has 0 radical (unpaired) electrons. The summed E-state index contributed by atoms with van der Waals surface area (Å²) in [6, 6.07) is 20.3. The molecule has 2 aromatic rings. The van der Waals surface area contributed by atoms with E-state index in [-0.39, 0.29) is 12.4 Å². The lowest BCUT2D eigenvalue weighted by Gasteiger charge is -2.32. The summed E-state index contributed by atoms with van der Waals surface area (Å²) in [6.07, 6.45) is -0.437. The molecule has 126 valence electrons. The minimum Gasteiger partial charge on any atom is -0.459 e. The maximum absolute atomic E-state index is 11.6. The van der Waals surface area contributed by atoms with Gasteiger partial charge in [-0.05, 0) is 18.1 Å². The highest BCUT2D eigenvalue weighted by Crippen LogP contribution is 2.28. The van der Waals surface area contributed by atoms with E-state index in [1.54, 1.807) is 6.92 Å². The maximum Gasteiger partial charge on any atom is 0.309 e. The first-order valence-electron chi connectivity index (χ1n) is 8.27. The minimum absolute atomic E-state index is 0.0498. The molecule has 3 rings (SSSR count). The third kappa shape index (κ3) is 4.02. The summed E-state index contributed by atoms with van der Waals surface area (Å²) in [5.74, 6) is -0.329. The molecule has 1 saturated heterocycles. The van der Waals surface area contributed by atoms with Crippen molar-refractivity contribution in [3.8, 4) is 0 Å². The summed E-state index contributed by atoms with van der Waals surface area (Å²) in [4.78, 5) is 13.7. The molecular weight excluding hydrogens is 302 g/mol. The summed E-state index contributed by atoms with van der Waals surface area (Å²) >= 11 is 0. The van der Waals surface area contributed by atoms with Gasteiger partial charge in [-0.15, -0.1) is 0 Å². The van der Waals surface area contributed by atoms with Crippen LogP contribution in [0.3, 0.4) is 0 Å². The van der Waals surface area contributed by atoms with Gasteiger partial charge in [0.15, 0.2) is 0 Å². The average Bonchev–Trinajstić information content (AvgIpc) is 2.81. The SMILES string of the molecule is C[C@H]1OC(=O)C[C@]1(O)CN(Cc1ccccc1)Cc1ccccc1. The van der Waals surface area contributed by atoms with E-state index in [9.17, 15) is 9.90 Å². The number of cyclic esters (lactones) is 1. The van der Waals surface area contributed by atoms with E-state index in [1.807, 2.05) is 36.4 Å². The molecule has 1 fully saturated rings. The molecular formula is C20H23NO3. The molecule has 0 amide bonds. The van der Waals surface area contributed by atoms with Crippen LogP contribution < -0.4 is 0 Å². The summed E-state index contributed by atoms with van der Waals surface area (Å²) < 4.78 is 5.16. The summed E-state index contributed by atoms with van der Waals surface area (Å²) in [7, 11) is 0. The van der Waals surface area contributed by atoms with E-state index in [2.05, 4.69) is 29.2 Å². The molecule has 0 bridgehead atoms. The average molecular weight is 325 g/mol. The molecule has 0 aliphatic carbocycles. The van der Waals surface area contributed by atoms with Crippen LogP contribution >= 0.6 is 0 Å². The molecule has 1 aliphatic rings. The van der Waals surface area contributed by atoms with E-state index < -0.39 is 11.7 Å². The van der Waals surface area contributed by atoms with Crippen molar-refractivity contribution in [3.05, 3.63) is 71.8 Å². The molecule has 4 heteroatoms. The largest absolute Gasteiger partial charge is 0.459 e. The van der Waals surface area contributed by atoms with Crippen LogP contribution in [0.25, 0.3) is 0 Å². The Balaban J connectivity index is 1.77. The second kappa shape index (κ2) is 7.16. The fourth-order valence-corrected chi connectivity index (χ4v) is 3.16. The third-order valence-corrected chi connectivity index (χ3v) is 4.51. The van der Waals surface area contributed by atoms with Gasteiger partial charge in [-0.2, -0.15) is 0 Å². The summed E-state index contributed by atoms with van der Waals surface area (Å²) in [5, 5.41) is 10.9. The Morgan fingerprint density at radius 2 is 1.54 bits per heavy atom. The van der Waals surface area contributed by atoms with Crippen LogP contribution in [0.1, 0.15) is 24.5 Å². The van der Waals surface area contributed by atoms with E-state index >= 15 is 0 Å². The van der Waals surface area contributed by atoms with Crippen LogP contribution in [0, 0.1) is 0 Å². The van der Waals surface area contributed by atoms with Crippen molar-refractivity contribution < 1.29 is 14.6 Å². The molecule has 2 atom stereocenters. The fourth-order valence-electron chi connectivity index (χ4n) is 3.16. The second-order valence-corrected chi connectivity index (χ2v) is 6.53. The molecule has 24 heavy (non-hydrogen) atoms. The Labute approximate surface area is 142 Å². The Kier molecular flexibility index (Phi) is 4.97. The standard InChI is InChI=1S/C20H23NO3/c1-16-20(23,12-19(22)24-16)15-21(13-17-8-4-2-5-9-17)14-18-10-6-3-7-11-18/h2-11,16,23H,12-15H2,1H3/t16-,20+/m1/s1. The van der Waals surface area contributed by atoms with Gasteiger partial charge in [0.1, 0.15) is 11.7 Å². The molecule has 0 saturated carbocycles. The van der Waals surface area contributed by atoms with Crippen LogP contribution in [0.4, 0.5) is 0 Å². The number of esters is 1. The Bertz CT molecular complexity index is 632. The van der Waals surface area contributed by atoms with E-state index in [0.29, 0.717) is 19.6 Å². The third-order valence-electron chi connectivity index (χ3n) is 4.51. The first-order chi connectivity index (χ1) is 11.5. The Hall–Kier alpha value is -2.17. The lowest BCUT2D eigenvalue weighted by atomic mass is 9.95. The predicted molar refractivity (Wildman–Crippen MR) is 92.1 cm³/mol. The van der Waals surface area contributed by atoms with E-state index in [4.69, 9.17) is 4.74 Å². The number of hydrogen-bond acceptors (Lipinski definition) is 4. The van der Waals surface area contributed by atoms with Crippen molar-refractivity contribution in [2.75, 3.05) is 6.54 Å². The number of nitrogens with zero attached hydrogens (tertiary/aromatic N) is 1. The van der Waals surface area contributed by atoms with Crippen LogP contribution in [0.5, 0.6) is 0 Å².